The number of aromatic nitrogens is 2. The number of aryl methyl sites for hydroxylation is 1. The summed E-state index contributed by atoms with van der Waals surface area (Å²) < 4.78 is 1.96. The maximum atomic E-state index is 6.12. The molecule has 0 amide bonds. The highest BCUT2D eigenvalue weighted by molar-refractivity contribution is 9.11. The number of benzene rings is 1. The van der Waals surface area contributed by atoms with Gasteiger partial charge in [0.2, 0.25) is 0 Å². The van der Waals surface area contributed by atoms with E-state index in [0.29, 0.717) is 5.15 Å². The number of hydrogen-bond donors (Lipinski definition) is 1. The zero-order valence-corrected chi connectivity index (χ0v) is 14.4. The van der Waals surface area contributed by atoms with Crippen LogP contribution in [0.25, 0.3) is 0 Å². The summed E-state index contributed by atoms with van der Waals surface area (Å²) in [6.07, 6.45) is 0.746. The fraction of sp³-hybridized carbons (Fsp3) is 0.231. The first kappa shape index (κ1) is 14.8. The molecule has 1 N–H and O–H groups in total. The largest absolute Gasteiger partial charge is 0.339 e. The smallest absolute Gasteiger partial charge is 0.138 e. The van der Waals surface area contributed by atoms with Crippen LogP contribution in [-0.4, -0.2) is 9.97 Å². The summed E-state index contributed by atoms with van der Waals surface area (Å²) in [5.41, 5.74) is 1.77. The molecule has 0 atom stereocenters. The molecule has 0 saturated heterocycles. The predicted molar refractivity (Wildman–Crippen MR) is 86.3 cm³/mol. The molecule has 0 fully saturated rings. The Hall–Kier alpha value is -0.650. The Morgan fingerprint density at radius 3 is 2.63 bits per heavy atom. The van der Waals surface area contributed by atoms with Gasteiger partial charge in [-0.15, -0.1) is 0 Å². The molecule has 100 valence electrons. The second kappa shape index (κ2) is 6.20. The van der Waals surface area contributed by atoms with Gasteiger partial charge in [-0.2, -0.15) is 0 Å². The molecule has 0 radical (unpaired) electrons. The highest BCUT2D eigenvalue weighted by atomic mass is 79.9. The van der Waals surface area contributed by atoms with E-state index >= 15 is 0 Å². The van der Waals surface area contributed by atoms with Crippen LogP contribution in [0.2, 0.25) is 5.15 Å². The Kier molecular flexibility index (Phi) is 4.81. The van der Waals surface area contributed by atoms with E-state index in [-0.39, 0.29) is 0 Å². The topological polar surface area (TPSA) is 37.8 Å². The molecule has 0 aliphatic heterocycles. The second-order valence-corrected chi connectivity index (χ2v) is 6.13. The summed E-state index contributed by atoms with van der Waals surface area (Å²) in [6.45, 7) is 3.90. The molecular weight excluding hydrogens is 393 g/mol. The van der Waals surface area contributed by atoms with Crippen molar-refractivity contribution in [2.24, 2.45) is 0 Å². The Morgan fingerprint density at radius 1 is 1.26 bits per heavy atom. The monoisotopic (exact) mass is 403 g/mol. The average Bonchev–Trinajstić information content (AvgIpc) is 2.37. The Morgan fingerprint density at radius 2 is 2.00 bits per heavy atom. The highest BCUT2D eigenvalue weighted by Crippen LogP contribution is 2.30. The number of rotatable bonds is 3. The summed E-state index contributed by atoms with van der Waals surface area (Å²) >= 11 is 13.1. The molecule has 0 bridgehead atoms. The zero-order valence-electron chi connectivity index (χ0n) is 10.5. The van der Waals surface area contributed by atoms with Gasteiger partial charge in [0.05, 0.1) is 5.69 Å². The lowest BCUT2D eigenvalue weighted by molar-refractivity contribution is 0.934. The zero-order chi connectivity index (χ0) is 14.0. The molecule has 6 heteroatoms. The third-order valence-electron chi connectivity index (χ3n) is 2.63. The molecule has 0 spiro atoms. The minimum absolute atomic E-state index is 0.489. The first-order valence-electron chi connectivity index (χ1n) is 5.76. The predicted octanol–water partition coefficient (Wildman–Crippen LogP) is 5.27. The van der Waals surface area contributed by atoms with Gasteiger partial charge in [-0.3, -0.25) is 0 Å². The van der Waals surface area contributed by atoms with E-state index in [0.717, 1.165) is 38.3 Å². The van der Waals surface area contributed by atoms with E-state index in [2.05, 4.69) is 47.1 Å². The average molecular weight is 406 g/mol. The van der Waals surface area contributed by atoms with Crippen molar-refractivity contribution in [3.63, 3.8) is 0 Å². The summed E-state index contributed by atoms with van der Waals surface area (Å²) in [5, 5.41) is 3.77. The Labute approximate surface area is 134 Å². The molecule has 1 heterocycles. The van der Waals surface area contributed by atoms with Crippen LogP contribution in [0.3, 0.4) is 0 Å². The van der Waals surface area contributed by atoms with Gasteiger partial charge in [0.25, 0.3) is 0 Å². The van der Waals surface area contributed by atoms with Gasteiger partial charge in [0, 0.05) is 20.9 Å². The first-order valence-corrected chi connectivity index (χ1v) is 7.72. The fourth-order valence-corrected chi connectivity index (χ4v) is 2.86. The van der Waals surface area contributed by atoms with E-state index in [1.54, 1.807) is 0 Å². The minimum Gasteiger partial charge on any atom is -0.339 e. The summed E-state index contributed by atoms with van der Waals surface area (Å²) in [7, 11) is 0. The van der Waals surface area contributed by atoms with Crippen molar-refractivity contribution in [2.75, 3.05) is 5.32 Å². The van der Waals surface area contributed by atoms with E-state index in [9.17, 15) is 0 Å². The fourth-order valence-electron chi connectivity index (χ4n) is 1.53. The summed E-state index contributed by atoms with van der Waals surface area (Å²) in [6, 6.07) is 5.91. The molecule has 0 saturated carbocycles. The van der Waals surface area contributed by atoms with Crippen LogP contribution in [-0.2, 0) is 6.42 Å². The molecule has 1 aromatic carbocycles. The van der Waals surface area contributed by atoms with Crippen LogP contribution in [0.1, 0.15) is 18.3 Å². The molecule has 0 unspecified atom stereocenters. The van der Waals surface area contributed by atoms with Crippen LogP contribution in [0.5, 0.6) is 0 Å². The summed E-state index contributed by atoms with van der Waals surface area (Å²) in [4.78, 5) is 8.70. The van der Waals surface area contributed by atoms with Gasteiger partial charge in [-0.25, -0.2) is 9.97 Å². The van der Waals surface area contributed by atoms with Crippen LogP contribution in [0.4, 0.5) is 11.5 Å². The maximum Gasteiger partial charge on any atom is 0.138 e. The molecule has 1 aromatic heterocycles. The number of halogens is 3. The SMILES string of the molecule is CCc1nc(Cl)c(C)c(Nc2ccc(Br)cc2Br)n1. The van der Waals surface area contributed by atoms with Crippen molar-refractivity contribution in [2.45, 2.75) is 20.3 Å². The quantitative estimate of drug-likeness (QED) is 0.707. The van der Waals surface area contributed by atoms with Crippen LogP contribution >= 0.6 is 43.5 Å². The van der Waals surface area contributed by atoms with Gasteiger partial charge >= 0.3 is 0 Å². The van der Waals surface area contributed by atoms with Crippen molar-refractivity contribution in [3.8, 4) is 0 Å². The highest BCUT2D eigenvalue weighted by Gasteiger charge is 2.10. The molecule has 3 nitrogen and oxygen atoms in total. The minimum atomic E-state index is 0.489. The van der Waals surface area contributed by atoms with Crippen molar-refractivity contribution in [1.82, 2.24) is 9.97 Å². The molecule has 0 aliphatic carbocycles. The first-order chi connectivity index (χ1) is 9.01. The van der Waals surface area contributed by atoms with E-state index in [1.807, 2.05) is 32.0 Å². The van der Waals surface area contributed by atoms with Crippen molar-refractivity contribution in [3.05, 3.63) is 43.7 Å². The van der Waals surface area contributed by atoms with Crippen molar-refractivity contribution < 1.29 is 0 Å². The number of nitrogens with zero attached hydrogens (tertiary/aromatic N) is 2. The van der Waals surface area contributed by atoms with E-state index in [4.69, 9.17) is 11.6 Å². The van der Waals surface area contributed by atoms with E-state index < -0.39 is 0 Å². The van der Waals surface area contributed by atoms with E-state index in [1.165, 1.54) is 0 Å². The third-order valence-corrected chi connectivity index (χ3v) is 4.15. The Bertz CT molecular complexity index is 617. The molecule has 19 heavy (non-hydrogen) atoms. The molecule has 2 aromatic rings. The van der Waals surface area contributed by atoms with Gasteiger partial charge in [-0.05, 0) is 41.1 Å². The third kappa shape index (κ3) is 3.46. The number of nitrogens with one attached hydrogen (secondary N) is 1. The molecule has 0 aliphatic rings. The van der Waals surface area contributed by atoms with Crippen LogP contribution in [0.15, 0.2) is 27.1 Å². The maximum absolute atomic E-state index is 6.12. The lowest BCUT2D eigenvalue weighted by Gasteiger charge is -2.12. The number of anilines is 2. The van der Waals surface area contributed by atoms with Crippen LogP contribution < -0.4 is 5.32 Å². The van der Waals surface area contributed by atoms with Crippen molar-refractivity contribution >= 4 is 55.0 Å². The summed E-state index contributed by atoms with van der Waals surface area (Å²) in [5.74, 6) is 1.46. The Balaban J connectivity index is 2.40. The standard InChI is InChI=1S/C13H12Br2ClN3/c1-3-11-18-12(16)7(2)13(19-11)17-10-5-4-8(14)6-9(10)15/h4-6H,3H2,1-2H3,(H,17,18,19). The second-order valence-electron chi connectivity index (χ2n) is 4.01. The van der Waals surface area contributed by atoms with Gasteiger partial charge < -0.3 is 5.32 Å². The van der Waals surface area contributed by atoms with Gasteiger partial charge in [0.15, 0.2) is 0 Å². The molecular formula is C13H12Br2ClN3. The lowest BCUT2D eigenvalue weighted by Crippen LogP contribution is -2.03. The van der Waals surface area contributed by atoms with Gasteiger partial charge in [-0.1, -0.05) is 34.5 Å². The van der Waals surface area contributed by atoms with Crippen LogP contribution in [0, 0.1) is 6.92 Å². The number of hydrogen-bond acceptors (Lipinski definition) is 3. The van der Waals surface area contributed by atoms with Crippen molar-refractivity contribution in [1.29, 1.82) is 0 Å². The molecule has 2 rings (SSSR count). The lowest BCUT2D eigenvalue weighted by atomic mass is 10.3. The van der Waals surface area contributed by atoms with Gasteiger partial charge in [0.1, 0.15) is 16.8 Å². The normalized spacial score (nSPS) is 10.6.